The van der Waals surface area contributed by atoms with Crippen molar-refractivity contribution < 1.29 is 4.79 Å². The first-order valence-corrected chi connectivity index (χ1v) is 8.31. The number of halogens is 1. The maximum absolute atomic E-state index is 11.6. The number of carbonyl (C=O) groups excluding carboxylic acids is 1. The third kappa shape index (κ3) is 4.39. The van der Waals surface area contributed by atoms with Gasteiger partial charge in [-0.05, 0) is 30.0 Å². The molecule has 23 heavy (non-hydrogen) atoms. The molecule has 1 atom stereocenters. The maximum Gasteiger partial charge on any atom is 0.219 e. The highest BCUT2D eigenvalue weighted by Crippen LogP contribution is 2.30. The molecule has 0 aliphatic carbocycles. The van der Waals surface area contributed by atoms with Gasteiger partial charge in [0.1, 0.15) is 6.07 Å². The van der Waals surface area contributed by atoms with Crippen LogP contribution < -0.4 is 4.90 Å². The van der Waals surface area contributed by atoms with Crippen LogP contribution in [0.5, 0.6) is 0 Å². The van der Waals surface area contributed by atoms with Gasteiger partial charge in [-0.25, -0.2) is 0 Å². The molecule has 1 fully saturated rings. The largest absolute Gasteiger partial charge is 0.366 e. The summed E-state index contributed by atoms with van der Waals surface area (Å²) in [5, 5.41) is 9.53. The molecule has 124 valence electrons. The van der Waals surface area contributed by atoms with Gasteiger partial charge in [-0.15, -0.1) is 0 Å². The van der Waals surface area contributed by atoms with Crippen molar-refractivity contribution in [1.82, 2.24) is 4.90 Å². The summed E-state index contributed by atoms with van der Waals surface area (Å²) in [6.45, 7) is 10.6. The normalized spacial score (nSPS) is 17.9. The quantitative estimate of drug-likeness (QED) is 0.847. The molecule has 2 rings (SSSR count). The molecule has 1 amide bonds. The fourth-order valence-corrected chi connectivity index (χ4v) is 3.21. The molecule has 0 spiro atoms. The maximum atomic E-state index is 11.6. The number of rotatable bonds is 3. The number of likely N-dealkylation sites (tertiary alicyclic amines) is 1. The van der Waals surface area contributed by atoms with Crippen molar-refractivity contribution in [3.05, 3.63) is 28.8 Å². The van der Waals surface area contributed by atoms with Gasteiger partial charge in [-0.1, -0.05) is 32.4 Å². The van der Waals surface area contributed by atoms with E-state index >= 15 is 0 Å². The molecule has 0 radical (unpaired) electrons. The summed E-state index contributed by atoms with van der Waals surface area (Å²) in [4.78, 5) is 15.8. The third-order valence-electron chi connectivity index (χ3n) is 4.10. The first-order valence-electron chi connectivity index (χ1n) is 7.93. The van der Waals surface area contributed by atoms with Crippen molar-refractivity contribution in [2.45, 2.75) is 40.2 Å². The van der Waals surface area contributed by atoms with Gasteiger partial charge in [0.2, 0.25) is 5.91 Å². The Morgan fingerprint density at radius 2 is 2.17 bits per heavy atom. The minimum absolute atomic E-state index is 0.115. The highest BCUT2D eigenvalue weighted by atomic mass is 35.5. The van der Waals surface area contributed by atoms with Crippen molar-refractivity contribution in [2.24, 2.45) is 5.41 Å². The van der Waals surface area contributed by atoms with E-state index < -0.39 is 0 Å². The molecule has 5 heteroatoms. The fourth-order valence-electron chi connectivity index (χ4n) is 3.00. The monoisotopic (exact) mass is 333 g/mol. The number of amides is 1. The van der Waals surface area contributed by atoms with Gasteiger partial charge < -0.3 is 9.80 Å². The minimum Gasteiger partial charge on any atom is -0.366 e. The van der Waals surface area contributed by atoms with Crippen LogP contribution >= 0.6 is 11.6 Å². The Labute approximate surface area is 143 Å². The molecule has 0 aromatic heterocycles. The highest BCUT2D eigenvalue weighted by Gasteiger charge is 2.31. The van der Waals surface area contributed by atoms with E-state index in [-0.39, 0.29) is 17.4 Å². The van der Waals surface area contributed by atoms with E-state index in [4.69, 9.17) is 16.9 Å². The van der Waals surface area contributed by atoms with E-state index in [0.717, 1.165) is 31.7 Å². The Bertz CT molecular complexity index is 630. The van der Waals surface area contributed by atoms with Crippen molar-refractivity contribution in [2.75, 3.05) is 24.5 Å². The van der Waals surface area contributed by atoms with Crippen molar-refractivity contribution in [3.63, 3.8) is 0 Å². The van der Waals surface area contributed by atoms with Crippen LogP contribution in [-0.2, 0) is 4.79 Å². The number of nitriles is 1. The smallest absolute Gasteiger partial charge is 0.219 e. The zero-order valence-corrected chi connectivity index (χ0v) is 15.0. The van der Waals surface area contributed by atoms with Crippen LogP contribution in [0.25, 0.3) is 0 Å². The summed E-state index contributed by atoms with van der Waals surface area (Å²) in [5.74, 6) is 0.126. The Balaban J connectivity index is 2.30. The van der Waals surface area contributed by atoms with E-state index in [0.29, 0.717) is 10.6 Å². The second-order valence-electron chi connectivity index (χ2n) is 7.37. The lowest BCUT2D eigenvalue weighted by Gasteiger charge is -2.36. The van der Waals surface area contributed by atoms with E-state index in [2.05, 4.69) is 31.7 Å². The van der Waals surface area contributed by atoms with E-state index in [1.54, 1.807) is 13.0 Å². The van der Waals surface area contributed by atoms with Gasteiger partial charge >= 0.3 is 0 Å². The van der Waals surface area contributed by atoms with Crippen LogP contribution in [0.15, 0.2) is 18.2 Å². The van der Waals surface area contributed by atoms with E-state index in [1.807, 2.05) is 17.0 Å². The molecule has 0 bridgehead atoms. The van der Waals surface area contributed by atoms with Crippen LogP contribution in [0.2, 0.25) is 5.02 Å². The van der Waals surface area contributed by atoms with Gasteiger partial charge in [0, 0.05) is 38.3 Å². The summed E-state index contributed by atoms with van der Waals surface area (Å²) in [5.41, 5.74) is 1.62. The second-order valence-corrected chi connectivity index (χ2v) is 7.78. The van der Waals surface area contributed by atoms with Crippen LogP contribution in [0, 0.1) is 16.7 Å². The molecule has 1 unspecified atom stereocenters. The zero-order valence-electron chi connectivity index (χ0n) is 14.3. The Kier molecular flexibility index (Phi) is 5.21. The van der Waals surface area contributed by atoms with Crippen LogP contribution in [-0.4, -0.2) is 36.5 Å². The Hall–Kier alpha value is -1.73. The van der Waals surface area contributed by atoms with Crippen molar-refractivity contribution >= 4 is 23.2 Å². The van der Waals surface area contributed by atoms with Crippen molar-refractivity contribution in [3.8, 4) is 6.07 Å². The second kappa shape index (κ2) is 6.80. The van der Waals surface area contributed by atoms with Crippen molar-refractivity contribution in [1.29, 1.82) is 5.26 Å². The number of nitrogens with zero attached hydrogens (tertiary/aromatic N) is 3. The molecule has 1 aromatic carbocycles. The van der Waals surface area contributed by atoms with Crippen LogP contribution in [0.3, 0.4) is 0 Å². The van der Waals surface area contributed by atoms with E-state index in [9.17, 15) is 4.79 Å². The first kappa shape index (κ1) is 17.6. The van der Waals surface area contributed by atoms with Gasteiger partial charge in [0.05, 0.1) is 10.6 Å². The predicted octanol–water partition coefficient (Wildman–Crippen LogP) is 3.68. The lowest BCUT2D eigenvalue weighted by molar-refractivity contribution is -0.127. The summed E-state index contributed by atoms with van der Waals surface area (Å²) < 4.78 is 0. The van der Waals surface area contributed by atoms with Gasteiger partial charge in [0.15, 0.2) is 0 Å². The summed E-state index contributed by atoms with van der Waals surface area (Å²) in [6.07, 6.45) is 0.952. The number of benzene rings is 1. The molecular formula is C18H24ClN3O. The number of hydrogen-bond acceptors (Lipinski definition) is 3. The summed E-state index contributed by atoms with van der Waals surface area (Å²) >= 11 is 6.22. The average Bonchev–Trinajstić information content (AvgIpc) is 2.93. The van der Waals surface area contributed by atoms with Gasteiger partial charge in [-0.2, -0.15) is 5.26 Å². The lowest BCUT2D eigenvalue weighted by atomic mass is 9.94. The molecule has 0 saturated carbocycles. The van der Waals surface area contributed by atoms with Crippen LogP contribution in [0.1, 0.15) is 39.7 Å². The average molecular weight is 334 g/mol. The fraction of sp³-hybridized carbons (Fsp3) is 0.556. The third-order valence-corrected chi connectivity index (χ3v) is 4.41. The lowest BCUT2D eigenvalue weighted by Crippen LogP contribution is -2.43. The molecule has 1 aliphatic heterocycles. The number of hydrogen-bond donors (Lipinski definition) is 0. The van der Waals surface area contributed by atoms with Crippen LogP contribution in [0.4, 0.5) is 5.69 Å². The Morgan fingerprint density at radius 1 is 1.48 bits per heavy atom. The Morgan fingerprint density at radius 3 is 2.65 bits per heavy atom. The standard InChI is InChI=1S/C18H24ClN3O/c1-13(23)21-8-7-16(11-21)22(12-18(2,3)4)15-6-5-14(10-20)17(19)9-15/h5-6,9,16H,7-8,11-12H2,1-4H3. The predicted molar refractivity (Wildman–Crippen MR) is 93.6 cm³/mol. The SMILES string of the molecule is CC(=O)N1CCC(N(CC(C)(C)C)c2ccc(C#N)c(Cl)c2)C1. The molecule has 4 nitrogen and oxygen atoms in total. The number of carbonyl (C=O) groups is 1. The highest BCUT2D eigenvalue weighted by molar-refractivity contribution is 6.32. The zero-order chi connectivity index (χ0) is 17.2. The first-order chi connectivity index (χ1) is 10.7. The molecule has 1 saturated heterocycles. The van der Waals surface area contributed by atoms with Gasteiger partial charge in [0.25, 0.3) is 0 Å². The van der Waals surface area contributed by atoms with E-state index in [1.165, 1.54) is 0 Å². The molecule has 0 N–H and O–H groups in total. The molecule has 1 heterocycles. The minimum atomic E-state index is 0.115. The molecule has 1 aliphatic rings. The molecular weight excluding hydrogens is 310 g/mol. The molecule has 1 aromatic rings. The topological polar surface area (TPSA) is 47.3 Å². The van der Waals surface area contributed by atoms with Gasteiger partial charge in [-0.3, -0.25) is 4.79 Å². The summed E-state index contributed by atoms with van der Waals surface area (Å²) in [6, 6.07) is 7.96. The summed E-state index contributed by atoms with van der Waals surface area (Å²) in [7, 11) is 0. The number of anilines is 1.